The molecule has 1 N–H and O–H groups in total. The molecule has 3 heterocycles. The van der Waals surface area contributed by atoms with Gasteiger partial charge >= 0.3 is 0 Å². The fourth-order valence-electron chi connectivity index (χ4n) is 4.04. The van der Waals surface area contributed by atoms with E-state index in [1.165, 1.54) is 0 Å². The van der Waals surface area contributed by atoms with Gasteiger partial charge in [0.1, 0.15) is 5.82 Å². The first-order chi connectivity index (χ1) is 15.3. The fourth-order valence-corrected chi connectivity index (χ4v) is 4.04. The molecule has 2 aromatic carbocycles. The predicted molar refractivity (Wildman–Crippen MR) is 123 cm³/mol. The average molecular weight is 409 g/mol. The van der Waals surface area contributed by atoms with Crippen molar-refractivity contribution in [3.05, 3.63) is 79.1 Å². The maximum atomic E-state index is 12.7. The Bertz CT molecular complexity index is 1190. The van der Waals surface area contributed by atoms with E-state index in [0.717, 1.165) is 53.9 Å². The number of para-hydroxylation sites is 2. The molecular formula is C25H23N5O. The van der Waals surface area contributed by atoms with E-state index in [9.17, 15) is 4.79 Å². The van der Waals surface area contributed by atoms with Gasteiger partial charge in [-0.2, -0.15) is 0 Å². The van der Waals surface area contributed by atoms with E-state index < -0.39 is 0 Å². The lowest BCUT2D eigenvalue weighted by Crippen LogP contribution is -2.38. The zero-order valence-electron chi connectivity index (χ0n) is 17.1. The lowest BCUT2D eigenvalue weighted by Gasteiger charge is -2.33. The Morgan fingerprint density at radius 3 is 2.45 bits per heavy atom. The Hall–Kier alpha value is -3.80. The summed E-state index contributed by atoms with van der Waals surface area (Å²) in [7, 11) is 0. The molecule has 31 heavy (non-hydrogen) atoms. The highest BCUT2D eigenvalue weighted by Gasteiger charge is 2.27. The molecule has 0 aliphatic carbocycles. The molecule has 0 bridgehead atoms. The van der Waals surface area contributed by atoms with E-state index in [4.69, 9.17) is 9.97 Å². The van der Waals surface area contributed by atoms with Crippen LogP contribution >= 0.6 is 0 Å². The number of carbonyl (C=O) groups excluding carboxylic acids is 1. The van der Waals surface area contributed by atoms with Crippen LogP contribution in [-0.2, 0) is 4.79 Å². The monoisotopic (exact) mass is 409 g/mol. The predicted octanol–water partition coefficient (Wildman–Crippen LogP) is 4.55. The Kier molecular flexibility index (Phi) is 5.27. The highest BCUT2D eigenvalue weighted by atomic mass is 16.1. The van der Waals surface area contributed by atoms with Gasteiger partial charge in [0, 0.05) is 48.0 Å². The maximum absolute atomic E-state index is 12.7. The second-order valence-corrected chi connectivity index (χ2v) is 7.75. The second-order valence-electron chi connectivity index (χ2n) is 7.75. The SMILES string of the molecule is O=C(Nc1ccccc1)C1CCN(c2nc(-c3cccnc3)nc3ccccc23)CC1. The van der Waals surface area contributed by atoms with Crippen LogP contribution in [0.4, 0.5) is 11.5 Å². The summed E-state index contributed by atoms with van der Waals surface area (Å²) in [5.74, 6) is 1.69. The van der Waals surface area contributed by atoms with Gasteiger partial charge in [0.2, 0.25) is 5.91 Å². The standard InChI is InChI=1S/C25H23N5O/c31-25(27-20-8-2-1-3-9-20)18-12-15-30(16-13-18)24-21-10-4-5-11-22(21)28-23(29-24)19-7-6-14-26-17-19/h1-11,14,17-18H,12-13,15-16H2,(H,27,31). The van der Waals surface area contributed by atoms with E-state index in [-0.39, 0.29) is 11.8 Å². The van der Waals surface area contributed by atoms with Crippen LogP contribution in [0.1, 0.15) is 12.8 Å². The summed E-state index contributed by atoms with van der Waals surface area (Å²) in [4.78, 5) is 28.8. The van der Waals surface area contributed by atoms with Crippen LogP contribution in [0.25, 0.3) is 22.3 Å². The minimum atomic E-state index is 0.00218. The van der Waals surface area contributed by atoms with E-state index in [0.29, 0.717) is 5.82 Å². The molecule has 1 aliphatic heterocycles. The summed E-state index contributed by atoms with van der Waals surface area (Å²) in [6.45, 7) is 1.56. The number of amides is 1. The summed E-state index contributed by atoms with van der Waals surface area (Å²) >= 11 is 0. The molecule has 2 aromatic heterocycles. The molecule has 6 nitrogen and oxygen atoms in total. The Morgan fingerprint density at radius 1 is 0.903 bits per heavy atom. The molecule has 0 spiro atoms. The fraction of sp³-hybridized carbons (Fsp3) is 0.200. The highest BCUT2D eigenvalue weighted by Crippen LogP contribution is 2.30. The number of hydrogen-bond acceptors (Lipinski definition) is 5. The molecular weight excluding hydrogens is 386 g/mol. The van der Waals surface area contributed by atoms with Crippen molar-refractivity contribution in [2.24, 2.45) is 5.92 Å². The van der Waals surface area contributed by atoms with Gasteiger partial charge < -0.3 is 10.2 Å². The first-order valence-corrected chi connectivity index (χ1v) is 10.6. The lowest BCUT2D eigenvalue weighted by molar-refractivity contribution is -0.120. The number of fused-ring (bicyclic) bond motifs is 1. The zero-order valence-corrected chi connectivity index (χ0v) is 17.1. The number of rotatable bonds is 4. The highest BCUT2D eigenvalue weighted by molar-refractivity contribution is 5.93. The van der Waals surface area contributed by atoms with Crippen molar-refractivity contribution in [3.8, 4) is 11.4 Å². The van der Waals surface area contributed by atoms with Gasteiger partial charge in [0.15, 0.2) is 5.82 Å². The van der Waals surface area contributed by atoms with Gasteiger partial charge in [0.05, 0.1) is 5.52 Å². The number of aromatic nitrogens is 3. The number of nitrogens with one attached hydrogen (secondary N) is 1. The number of anilines is 2. The zero-order chi connectivity index (χ0) is 21.0. The normalized spacial score (nSPS) is 14.5. The second kappa shape index (κ2) is 8.52. The minimum absolute atomic E-state index is 0.00218. The van der Waals surface area contributed by atoms with Crippen molar-refractivity contribution in [2.75, 3.05) is 23.3 Å². The first-order valence-electron chi connectivity index (χ1n) is 10.6. The molecule has 1 saturated heterocycles. The van der Waals surface area contributed by atoms with Crippen molar-refractivity contribution in [1.82, 2.24) is 15.0 Å². The minimum Gasteiger partial charge on any atom is -0.356 e. The third kappa shape index (κ3) is 4.10. The van der Waals surface area contributed by atoms with Crippen LogP contribution in [0, 0.1) is 5.92 Å². The van der Waals surface area contributed by atoms with E-state index in [1.54, 1.807) is 12.4 Å². The van der Waals surface area contributed by atoms with Crippen LogP contribution < -0.4 is 10.2 Å². The van der Waals surface area contributed by atoms with Gasteiger partial charge in [-0.3, -0.25) is 9.78 Å². The van der Waals surface area contributed by atoms with E-state index in [2.05, 4.69) is 21.3 Å². The van der Waals surface area contributed by atoms with Gasteiger partial charge in [-0.15, -0.1) is 0 Å². The molecule has 0 saturated carbocycles. The number of carbonyl (C=O) groups is 1. The number of hydrogen-bond donors (Lipinski definition) is 1. The topological polar surface area (TPSA) is 71.0 Å². The maximum Gasteiger partial charge on any atom is 0.227 e. The largest absolute Gasteiger partial charge is 0.356 e. The van der Waals surface area contributed by atoms with Crippen molar-refractivity contribution < 1.29 is 4.79 Å². The third-order valence-corrected chi connectivity index (χ3v) is 5.71. The Balaban J connectivity index is 1.37. The Morgan fingerprint density at radius 2 is 1.68 bits per heavy atom. The molecule has 0 radical (unpaired) electrons. The Labute approximate surface area is 181 Å². The van der Waals surface area contributed by atoms with Crippen molar-refractivity contribution in [2.45, 2.75) is 12.8 Å². The molecule has 6 heteroatoms. The molecule has 0 unspecified atom stereocenters. The van der Waals surface area contributed by atoms with Crippen molar-refractivity contribution >= 4 is 28.3 Å². The molecule has 0 atom stereocenters. The van der Waals surface area contributed by atoms with Crippen LogP contribution in [0.15, 0.2) is 79.1 Å². The average Bonchev–Trinajstić information content (AvgIpc) is 2.84. The van der Waals surface area contributed by atoms with Crippen molar-refractivity contribution in [3.63, 3.8) is 0 Å². The van der Waals surface area contributed by atoms with Crippen molar-refractivity contribution in [1.29, 1.82) is 0 Å². The molecule has 1 aliphatic rings. The van der Waals surface area contributed by atoms with Crippen LogP contribution in [0.2, 0.25) is 0 Å². The summed E-state index contributed by atoms with van der Waals surface area (Å²) in [5.41, 5.74) is 2.65. The van der Waals surface area contributed by atoms with Gasteiger partial charge in [-0.25, -0.2) is 9.97 Å². The first kappa shape index (κ1) is 19.2. The summed E-state index contributed by atoms with van der Waals surface area (Å²) < 4.78 is 0. The van der Waals surface area contributed by atoms with Crippen LogP contribution in [0.3, 0.4) is 0 Å². The van der Waals surface area contributed by atoms with Crippen LogP contribution in [-0.4, -0.2) is 33.9 Å². The molecule has 1 amide bonds. The smallest absolute Gasteiger partial charge is 0.227 e. The van der Waals surface area contributed by atoms with E-state index >= 15 is 0 Å². The number of nitrogens with zero attached hydrogens (tertiary/aromatic N) is 4. The molecule has 5 rings (SSSR count). The molecule has 1 fully saturated rings. The molecule has 154 valence electrons. The number of benzene rings is 2. The lowest BCUT2D eigenvalue weighted by atomic mass is 9.95. The summed E-state index contributed by atoms with van der Waals surface area (Å²) in [6.07, 6.45) is 5.11. The third-order valence-electron chi connectivity index (χ3n) is 5.71. The van der Waals surface area contributed by atoms with Gasteiger partial charge in [0.25, 0.3) is 0 Å². The summed E-state index contributed by atoms with van der Waals surface area (Å²) in [6, 6.07) is 21.6. The number of pyridine rings is 1. The molecule has 4 aromatic rings. The van der Waals surface area contributed by atoms with E-state index in [1.807, 2.05) is 60.7 Å². The van der Waals surface area contributed by atoms with Gasteiger partial charge in [-0.05, 0) is 49.2 Å². The summed E-state index contributed by atoms with van der Waals surface area (Å²) in [5, 5.41) is 4.07. The quantitative estimate of drug-likeness (QED) is 0.536. The number of piperidine rings is 1. The van der Waals surface area contributed by atoms with Gasteiger partial charge in [-0.1, -0.05) is 30.3 Å². The van der Waals surface area contributed by atoms with Crippen LogP contribution in [0.5, 0.6) is 0 Å².